The predicted octanol–water partition coefficient (Wildman–Crippen LogP) is 1.02. The molecule has 0 aromatic carbocycles. The molecular formula is C8H17NO. The maximum absolute atomic E-state index is 5.37. The number of hydrogen-bond acceptors (Lipinski definition) is 2. The van der Waals surface area contributed by atoms with E-state index in [1.165, 1.54) is 0 Å². The van der Waals surface area contributed by atoms with Gasteiger partial charge in [-0.3, -0.25) is 0 Å². The first-order chi connectivity index (χ1) is 4.66. The molecule has 3 unspecified atom stereocenters. The largest absolute Gasteiger partial charge is 0.368 e. The van der Waals surface area contributed by atoms with Crippen LogP contribution in [-0.2, 0) is 4.74 Å². The van der Waals surface area contributed by atoms with E-state index < -0.39 is 0 Å². The fourth-order valence-corrected chi connectivity index (χ4v) is 1.46. The number of hydrogen-bond donors (Lipinski definition) is 1. The number of likely N-dealkylation sites (N-methyl/N-ethyl adjacent to an activating group) is 1. The summed E-state index contributed by atoms with van der Waals surface area (Å²) in [5.74, 6) is 0.667. The molecule has 0 aromatic rings. The van der Waals surface area contributed by atoms with Crippen LogP contribution in [-0.4, -0.2) is 25.3 Å². The lowest BCUT2D eigenvalue weighted by molar-refractivity contribution is 0.298. The highest BCUT2D eigenvalue weighted by Crippen LogP contribution is 2.27. The second kappa shape index (κ2) is 2.89. The summed E-state index contributed by atoms with van der Waals surface area (Å²) < 4.78 is 5.37. The van der Waals surface area contributed by atoms with Crippen molar-refractivity contribution >= 4 is 0 Å². The van der Waals surface area contributed by atoms with Crippen LogP contribution in [0.1, 0.15) is 20.8 Å². The molecule has 0 aromatic heterocycles. The van der Waals surface area contributed by atoms with Gasteiger partial charge in [0, 0.05) is 6.04 Å². The van der Waals surface area contributed by atoms with Gasteiger partial charge in [-0.15, -0.1) is 0 Å². The van der Waals surface area contributed by atoms with Gasteiger partial charge in [-0.05, 0) is 19.9 Å². The average molecular weight is 143 g/mol. The van der Waals surface area contributed by atoms with Crippen LogP contribution < -0.4 is 5.32 Å². The Hall–Kier alpha value is -0.0800. The minimum absolute atomic E-state index is 0.463. The van der Waals surface area contributed by atoms with Crippen LogP contribution in [0.3, 0.4) is 0 Å². The van der Waals surface area contributed by atoms with E-state index in [9.17, 15) is 0 Å². The third-order valence-corrected chi connectivity index (χ3v) is 2.16. The summed E-state index contributed by atoms with van der Waals surface area (Å²) in [5.41, 5.74) is 0. The molecular weight excluding hydrogens is 126 g/mol. The van der Waals surface area contributed by atoms with Crippen LogP contribution in [0.2, 0.25) is 0 Å². The number of nitrogens with one attached hydrogen (secondary N) is 1. The van der Waals surface area contributed by atoms with Gasteiger partial charge in [0.15, 0.2) is 0 Å². The van der Waals surface area contributed by atoms with Crippen molar-refractivity contribution in [2.75, 3.05) is 7.05 Å². The lowest BCUT2D eigenvalue weighted by Crippen LogP contribution is -2.36. The molecule has 1 aliphatic heterocycles. The van der Waals surface area contributed by atoms with Gasteiger partial charge >= 0.3 is 0 Å². The van der Waals surface area contributed by atoms with Gasteiger partial charge in [0.2, 0.25) is 0 Å². The smallest absolute Gasteiger partial charge is 0.0993 e. The highest BCUT2D eigenvalue weighted by Gasteiger charge is 2.41. The molecule has 0 saturated carbocycles. The van der Waals surface area contributed by atoms with E-state index in [-0.39, 0.29) is 0 Å². The normalized spacial score (nSPS) is 34.5. The van der Waals surface area contributed by atoms with E-state index in [2.05, 4.69) is 26.1 Å². The molecule has 0 radical (unpaired) electrons. The minimum Gasteiger partial charge on any atom is -0.368 e. The van der Waals surface area contributed by atoms with Crippen molar-refractivity contribution < 1.29 is 4.74 Å². The highest BCUT2D eigenvalue weighted by atomic mass is 16.6. The monoisotopic (exact) mass is 143 g/mol. The molecule has 0 spiro atoms. The lowest BCUT2D eigenvalue weighted by atomic mass is 10.00. The fourth-order valence-electron chi connectivity index (χ4n) is 1.46. The van der Waals surface area contributed by atoms with Crippen LogP contribution in [0, 0.1) is 5.92 Å². The second-order valence-corrected chi connectivity index (χ2v) is 3.36. The van der Waals surface area contributed by atoms with Crippen molar-refractivity contribution in [1.82, 2.24) is 5.32 Å². The molecule has 1 saturated heterocycles. The Balaban J connectivity index is 2.34. The third-order valence-electron chi connectivity index (χ3n) is 2.16. The quantitative estimate of drug-likeness (QED) is 0.596. The second-order valence-electron chi connectivity index (χ2n) is 3.36. The predicted molar refractivity (Wildman–Crippen MR) is 42.0 cm³/mol. The summed E-state index contributed by atoms with van der Waals surface area (Å²) in [6, 6.07) is 0.537. The molecule has 0 bridgehead atoms. The maximum atomic E-state index is 5.37. The molecule has 0 amide bonds. The van der Waals surface area contributed by atoms with Crippen LogP contribution in [0.5, 0.6) is 0 Å². The Morgan fingerprint density at radius 1 is 1.40 bits per heavy atom. The van der Waals surface area contributed by atoms with Gasteiger partial charge in [-0.25, -0.2) is 0 Å². The fraction of sp³-hybridized carbons (Fsp3) is 1.00. The molecule has 10 heavy (non-hydrogen) atoms. The van der Waals surface area contributed by atoms with Crippen molar-refractivity contribution in [3.8, 4) is 0 Å². The first-order valence-electron chi connectivity index (χ1n) is 3.99. The molecule has 1 heterocycles. The SMILES string of the molecule is CNC(C(C)C)C1OC1C. The van der Waals surface area contributed by atoms with Gasteiger partial charge in [-0.1, -0.05) is 13.8 Å². The van der Waals surface area contributed by atoms with Gasteiger partial charge in [0.25, 0.3) is 0 Å². The van der Waals surface area contributed by atoms with E-state index in [0.717, 1.165) is 0 Å². The number of ether oxygens (including phenoxy) is 1. The van der Waals surface area contributed by atoms with E-state index in [0.29, 0.717) is 24.2 Å². The maximum Gasteiger partial charge on any atom is 0.0993 e. The van der Waals surface area contributed by atoms with E-state index in [1.54, 1.807) is 0 Å². The summed E-state index contributed by atoms with van der Waals surface area (Å²) in [4.78, 5) is 0. The highest BCUT2D eigenvalue weighted by molar-refractivity contribution is 4.92. The van der Waals surface area contributed by atoms with Gasteiger partial charge in [0.05, 0.1) is 12.2 Å². The number of epoxide rings is 1. The Kier molecular flexibility index (Phi) is 2.32. The standard InChI is InChI=1S/C8H17NO/c1-5(2)7(9-4)8-6(3)10-8/h5-9H,1-4H3. The zero-order chi connectivity index (χ0) is 7.72. The zero-order valence-electron chi connectivity index (χ0n) is 7.22. The first kappa shape index (κ1) is 8.02. The molecule has 3 atom stereocenters. The van der Waals surface area contributed by atoms with Gasteiger partial charge in [0.1, 0.15) is 0 Å². The summed E-state index contributed by atoms with van der Waals surface area (Å²) >= 11 is 0. The molecule has 1 aliphatic rings. The van der Waals surface area contributed by atoms with E-state index in [1.807, 2.05) is 7.05 Å². The molecule has 60 valence electrons. The Labute approximate surface area is 63.0 Å². The average Bonchev–Trinajstić information content (AvgIpc) is 2.48. The molecule has 0 aliphatic carbocycles. The summed E-state index contributed by atoms with van der Waals surface area (Å²) in [7, 11) is 2.00. The minimum atomic E-state index is 0.463. The van der Waals surface area contributed by atoms with Gasteiger partial charge in [-0.2, -0.15) is 0 Å². The summed E-state index contributed by atoms with van der Waals surface area (Å²) in [6.45, 7) is 6.56. The topological polar surface area (TPSA) is 24.6 Å². The molecule has 1 fully saturated rings. The third kappa shape index (κ3) is 1.50. The number of rotatable bonds is 3. The van der Waals surface area contributed by atoms with Gasteiger partial charge < -0.3 is 10.1 Å². The summed E-state index contributed by atoms with van der Waals surface area (Å²) in [6.07, 6.45) is 0.935. The van der Waals surface area contributed by atoms with Crippen molar-refractivity contribution in [2.45, 2.75) is 39.0 Å². The van der Waals surface area contributed by atoms with E-state index in [4.69, 9.17) is 4.74 Å². The molecule has 2 heteroatoms. The Bertz CT molecular complexity index is 114. The van der Waals surface area contributed by atoms with Crippen LogP contribution in [0.15, 0.2) is 0 Å². The summed E-state index contributed by atoms with van der Waals surface area (Å²) in [5, 5.41) is 3.27. The Morgan fingerprint density at radius 2 is 1.90 bits per heavy atom. The van der Waals surface area contributed by atoms with E-state index >= 15 is 0 Å². The zero-order valence-corrected chi connectivity index (χ0v) is 7.22. The van der Waals surface area contributed by atoms with Crippen LogP contribution >= 0.6 is 0 Å². The first-order valence-corrected chi connectivity index (χ1v) is 3.99. The van der Waals surface area contributed by atoms with Crippen molar-refractivity contribution in [3.05, 3.63) is 0 Å². The Morgan fingerprint density at radius 3 is 2.00 bits per heavy atom. The molecule has 2 nitrogen and oxygen atoms in total. The lowest BCUT2D eigenvalue weighted by Gasteiger charge is -2.17. The molecule has 1 N–H and O–H groups in total. The van der Waals surface area contributed by atoms with Crippen LogP contribution in [0.4, 0.5) is 0 Å². The molecule has 1 rings (SSSR count). The van der Waals surface area contributed by atoms with Crippen LogP contribution in [0.25, 0.3) is 0 Å². The van der Waals surface area contributed by atoms with Crippen molar-refractivity contribution in [1.29, 1.82) is 0 Å². The van der Waals surface area contributed by atoms with Crippen molar-refractivity contribution in [2.24, 2.45) is 5.92 Å². The van der Waals surface area contributed by atoms with Crippen molar-refractivity contribution in [3.63, 3.8) is 0 Å².